The summed E-state index contributed by atoms with van der Waals surface area (Å²) in [6.07, 6.45) is 3.73. The Hall–Kier alpha value is -2.14. The second-order valence-electron chi connectivity index (χ2n) is 5.22. The fraction of sp³-hybridized carbons (Fsp3) is 0.333. The number of nitrogens with two attached hydrogens (primary N) is 1. The van der Waals surface area contributed by atoms with Gasteiger partial charge in [-0.2, -0.15) is 5.10 Å². The van der Waals surface area contributed by atoms with Crippen molar-refractivity contribution in [1.29, 1.82) is 0 Å². The Morgan fingerprint density at radius 3 is 2.80 bits per heavy atom. The predicted molar refractivity (Wildman–Crippen MR) is 79.3 cm³/mol. The maximum atomic E-state index is 5.83. The number of nitrogens with zero attached hydrogens (tertiary/aromatic N) is 4. The molecule has 5 nitrogen and oxygen atoms in total. The third-order valence-electron chi connectivity index (χ3n) is 3.54. The van der Waals surface area contributed by atoms with Gasteiger partial charge in [0, 0.05) is 29.7 Å². The van der Waals surface area contributed by atoms with E-state index in [0.29, 0.717) is 19.1 Å². The molecule has 2 heterocycles. The van der Waals surface area contributed by atoms with E-state index < -0.39 is 0 Å². The average Bonchev–Trinajstić information content (AvgIpc) is 3.04. The fourth-order valence-electron chi connectivity index (χ4n) is 2.59. The van der Waals surface area contributed by atoms with Crippen LogP contribution in [-0.2, 0) is 13.1 Å². The van der Waals surface area contributed by atoms with Crippen LogP contribution in [0.4, 0.5) is 0 Å². The number of aromatic nitrogens is 4. The Balaban J connectivity index is 2.05. The Bertz CT molecular complexity index is 723. The van der Waals surface area contributed by atoms with Crippen LogP contribution in [0.2, 0.25) is 0 Å². The summed E-state index contributed by atoms with van der Waals surface area (Å²) in [4.78, 5) is 4.37. The first-order chi connectivity index (χ1) is 9.70. The standard InChI is InChI=1S/C15H19N5/c1-11(2)20-15(17-10-18-20)9-19-8-12(7-16)13-5-3-4-6-14(13)19/h3-6,8,10-11H,7,9,16H2,1-2H3. The highest BCUT2D eigenvalue weighted by atomic mass is 15.4. The van der Waals surface area contributed by atoms with Crippen molar-refractivity contribution in [2.45, 2.75) is 33.0 Å². The van der Waals surface area contributed by atoms with E-state index in [1.807, 2.05) is 16.8 Å². The van der Waals surface area contributed by atoms with Crippen molar-refractivity contribution >= 4 is 10.9 Å². The van der Waals surface area contributed by atoms with Crippen LogP contribution in [0, 0.1) is 0 Å². The van der Waals surface area contributed by atoms with E-state index in [0.717, 1.165) is 11.4 Å². The summed E-state index contributed by atoms with van der Waals surface area (Å²) in [7, 11) is 0. The van der Waals surface area contributed by atoms with Gasteiger partial charge in [0.2, 0.25) is 0 Å². The highest BCUT2D eigenvalue weighted by Gasteiger charge is 2.11. The van der Waals surface area contributed by atoms with Gasteiger partial charge in [0.05, 0.1) is 6.54 Å². The van der Waals surface area contributed by atoms with Crippen LogP contribution in [0.25, 0.3) is 10.9 Å². The van der Waals surface area contributed by atoms with Crippen molar-refractivity contribution in [1.82, 2.24) is 19.3 Å². The van der Waals surface area contributed by atoms with E-state index in [-0.39, 0.29) is 0 Å². The van der Waals surface area contributed by atoms with Gasteiger partial charge in [-0.05, 0) is 25.5 Å². The number of benzene rings is 1. The van der Waals surface area contributed by atoms with E-state index in [9.17, 15) is 0 Å². The molecule has 2 aromatic heterocycles. The van der Waals surface area contributed by atoms with Gasteiger partial charge < -0.3 is 10.3 Å². The monoisotopic (exact) mass is 269 g/mol. The summed E-state index contributed by atoms with van der Waals surface area (Å²) < 4.78 is 4.15. The molecule has 2 N–H and O–H groups in total. The summed E-state index contributed by atoms with van der Waals surface area (Å²) in [5.74, 6) is 0.962. The van der Waals surface area contributed by atoms with E-state index in [2.05, 4.69) is 46.8 Å². The van der Waals surface area contributed by atoms with Crippen molar-refractivity contribution in [3.05, 3.63) is 48.2 Å². The lowest BCUT2D eigenvalue weighted by Gasteiger charge is -2.10. The molecule has 0 fully saturated rings. The third kappa shape index (κ3) is 2.10. The minimum absolute atomic E-state index is 0.309. The van der Waals surface area contributed by atoms with Crippen molar-refractivity contribution in [3.8, 4) is 0 Å². The molecule has 0 aliphatic carbocycles. The normalized spacial score (nSPS) is 11.6. The summed E-state index contributed by atoms with van der Waals surface area (Å²) in [5.41, 5.74) is 8.18. The maximum absolute atomic E-state index is 5.83. The zero-order valence-corrected chi connectivity index (χ0v) is 11.8. The van der Waals surface area contributed by atoms with Gasteiger partial charge in [0.1, 0.15) is 12.2 Å². The molecule has 1 aromatic carbocycles. The third-order valence-corrected chi connectivity index (χ3v) is 3.54. The van der Waals surface area contributed by atoms with Crippen molar-refractivity contribution in [2.24, 2.45) is 5.73 Å². The molecule has 0 radical (unpaired) electrons. The molecule has 20 heavy (non-hydrogen) atoms. The number of hydrogen-bond donors (Lipinski definition) is 1. The van der Waals surface area contributed by atoms with Crippen molar-refractivity contribution in [2.75, 3.05) is 0 Å². The molecule has 0 aliphatic rings. The Kier molecular flexibility index (Phi) is 3.28. The van der Waals surface area contributed by atoms with Crippen LogP contribution in [0.1, 0.15) is 31.3 Å². The van der Waals surface area contributed by atoms with Gasteiger partial charge >= 0.3 is 0 Å². The zero-order chi connectivity index (χ0) is 14.1. The van der Waals surface area contributed by atoms with E-state index >= 15 is 0 Å². The van der Waals surface area contributed by atoms with Gasteiger partial charge in [0.15, 0.2) is 0 Å². The van der Waals surface area contributed by atoms with E-state index in [1.54, 1.807) is 6.33 Å². The van der Waals surface area contributed by atoms with Crippen LogP contribution in [0.5, 0.6) is 0 Å². The Morgan fingerprint density at radius 1 is 1.25 bits per heavy atom. The lowest BCUT2D eigenvalue weighted by atomic mass is 10.2. The number of rotatable bonds is 4. The number of para-hydroxylation sites is 1. The Labute approximate surface area is 118 Å². The van der Waals surface area contributed by atoms with Gasteiger partial charge in [-0.25, -0.2) is 9.67 Å². The number of fused-ring (bicyclic) bond motifs is 1. The second-order valence-corrected chi connectivity index (χ2v) is 5.22. The smallest absolute Gasteiger partial charge is 0.147 e. The van der Waals surface area contributed by atoms with Gasteiger partial charge in [-0.15, -0.1) is 0 Å². The molecule has 0 aliphatic heterocycles. The minimum Gasteiger partial charge on any atom is -0.340 e. The Morgan fingerprint density at radius 2 is 2.05 bits per heavy atom. The van der Waals surface area contributed by atoms with Crippen LogP contribution < -0.4 is 5.73 Å². The highest BCUT2D eigenvalue weighted by molar-refractivity contribution is 5.84. The molecular formula is C15H19N5. The lowest BCUT2D eigenvalue weighted by Crippen LogP contribution is -2.11. The second kappa shape index (κ2) is 5.09. The van der Waals surface area contributed by atoms with Crippen LogP contribution in [-0.4, -0.2) is 19.3 Å². The molecule has 0 atom stereocenters. The van der Waals surface area contributed by atoms with Crippen molar-refractivity contribution in [3.63, 3.8) is 0 Å². The first kappa shape index (κ1) is 12.9. The molecule has 3 aromatic rings. The molecule has 104 valence electrons. The quantitative estimate of drug-likeness (QED) is 0.790. The summed E-state index contributed by atoms with van der Waals surface area (Å²) >= 11 is 0. The number of hydrogen-bond acceptors (Lipinski definition) is 3. The molecule has 0 saturated heterocycles. The van der Waals surface area contributed by atoms with Gasteiger partial charge in [-0.1, -0.05) is 18.2 Å². The predicted octanol–water partition coefficient (Wildman–Crippen LogP) is 2.32. The van der Waals surface area contributed by atoms with Crippen LogP contribution in [0.15, 0.2) is 36.8 Å². The molecule has 0 spiro atoms. The first-order valence-corrected chi connectivity index (χ1v) is 6.86. The molecule has 5 heteroatoms. The van der Waals surface area contributed by atoms with Gasteiger partial charge in [-0.3, -0.25) is 0 Å². The van der Waals surface area contributed by atoms with Crippen LogP contribution in [0.3, 0.4) is 0 Å². The molecular weight excluding hydrogens is 250 g/mol. The summed E-state index contributed by atoms with van der Waals surface area (Å²) in [6.45, 7) is 5.47. The summed E-state index contributed by atoms with van der Waals surface area (Å²) in [5, 5.41) is 5.50. The van der Waals surface area contributed by atoms with Gasteiger partial charge in [0.25, 0.3) is 0 Å². The first-order valence-electron chi connectivity index (χ1n) is 6.86. The molecule has 0 amide bonds. The topological polar surface area (TPSA) is 61.7 Å². The van der Waals surface area contributed by atoms with E-state index in [1.165, 1.54) is 10.9 Å². The van der Waals surface area contributed by atoms with Crippen molar-refractivity contribution < 1.29 is 0 Å². The maximum Gasteiger partial charge on any atom is 0.147 e. The molecule has 3 rings (SSSR count). The molecule has 0 saturated carbocycles. The SMILES string of the molecule is CC(C)n1ncnc1Cn1cc(CN)c2ccccc21. The molecule has 0 bridgehead atoms. The highest BCUT2D eigenvalue weighted by Crippen LogP contribution is 2.22. The minimum atomic E-state index is 0.309. The largest absolute Gasteiger partial charge is 0.340 e. The van der Waals surface area contributed by atoms with Crippen LogP contribution >= 0.6 is 0 Å². The molecule has 0 unspecified atom stereocenters. The summed E-state index contributed by atoms with van der Waals surface area (Å²) in [6, 6.07) is 8.63. The van der Waals surface area contributed by atoms with E-state index in [4.69, 9.17) is 5.73 Å². The average molecular weight is 269 g/mol. The zero-order valence-electron chi connectivity index (χ0n) is 11.8. The fourth-order valence-corrected chi connectivity index (χ4v) is 2.59. The lowest BCUT2D eigenvalue weighted by molar-refractivity contribution is 0.498.